The van der Waals surface area contributed by atoms with E-state index in [1.165, 1.54) is 23.5 Å². The Labute approximate surface area is 121 Å². The van der Waals surface area contributed by atoms with Gasteiger partial charge in [0.2, 0.25) is 5.82 Å². The fourth-order valence-electron chi connectivity index (χ4n) is 1.74. The number of hydrogen-bond donors (Lipinski definition) is 0. The quantitative estimate of drug-likeness (QED) is 0.528. The maximum Gasteiger partial charge on any atom is 0.318 e. The SMILES string of the molecule is O=[N+]([O-])c1c(F)cccc1Sc1nc2ccccc2s1. The molecule has 1 aromatic heterocycles. The first-order valence-corrected chi connectivity index (χ1v) is 7.25. The largest absolute Gasteiger partial charge is 0.318 e. The lowest BCUT2D eigenvalue weighted by Gasteiger charge is -2.00. The van der Waals surface area contributed by atoms with Gasteiger partial charge < -0.3 is 0 Å². The molecule has 0 atom stereocenters. The maximum absolute atomic E-state index is 13.5. The molecule has 0 bridgehead atoms. The number of halogens is 1. The van der Waals surface area contributed by atoms with Crippen molar-refractivity contribution in [3.05, 3.63) is 58.4 Å². The van der Waals surface area contributed by atoms with Gasteiger partial charge in [0, 0.05) is 0 Å². The van der Waals surface area contributed by atoms with Crippen LogP contribution in [0.15, 0.2) is 51.7 Å². The number of para-hydroxylation sites is 2. The topological polar surface area (TPSA) is 56.0 Å². The smallest absolute Gasteiger partial charge is 0.258 e. The van der Waals surface area contributed by atoms with Gasteiger partial charge in [-0.3, -0.25) is 10.1 Å². The van der Waals surface area contributed by atoms with Crippen molar-refractivity contribution in [1.82, 2.24) is 4.98 Å². The number of aromatic nitrogens is 1. The maximum atomic E-state index is 13.5. The molecule has 1 heterocycles. The van der Waals surface area contributed by atoms with Crippen LogP contribution in [-0.2, 0) is 0 Å². The van der Waals surface area contributed by atoms with E-state index in [0.717, 1.165) is 28.0 Å². The molecule has 100 valence electrons. The van der Waals surface area contributed by atoms with Gasteiger partial charge in [-0.2, -0.15) is 4.39 Å². The second-order valence-corrected chi connectivity index (χ2v) is 6.21. The van der Waals surface area contributed by atoms with Crippen molar-refractivity contribution in [2.45, 2.75) is 9.24 Å². The van der Waals surface area contributed by atoms with E-state index in [0.29, 0.717) is 4.34 Å². The average molecular weight is 306 g/mol. The molecule has 0 unspecified atom stereocenters. The number of nitro benzene ring substituents is 1. The highest BCUT2D eigenvalue weighted by Crippen LogP contribution is 2.39. The molecule has 0 aliphatic heterocycles. The van der Waals surface area contributed by atoms with Crippen LogP contribution < -0.4 is 0 Å². The third-order valence-corrected chi connectivity index (χ3v) is 4.75. The fourth-order valence-corrected chi connectivity index (χ4v) is 3.89. The first kappa shape index (κ1) is 13.0. The number of thiazole rings is 1. The average Bonchev–Trinajstić information content (AvgIpc) is 2.80. The molecular formula is C13H7FN2O2S2. The Balaban J connectivity index is 2.02. The summed E-state index contributed by atoms with van der Waals surface area (Å²) in [5.41, 5.74) is 0.329. The Bertz CT molecular complexity index is 771. The zero-order chi connectivity index (χ0) is 14.1. The molecule has 0 amide bonds. The third kappa shape index (κ3) is 2.37. The third-order valence-electron chi connectivity index (χ3n) is 2.60. The Morgan fingerprint density at radius 1 is 1.20 bits per heavy atom. The highest BCUT2D eigenvalue weighted by Gasteiger charge is 2.21. The summed E-state index contributed by atoms with van der Waals surface area (Å²) in [4.78, 5) is 14.9. The summed E-state index contributed by atoms with van der Waals surface area (Å²) >= 11 is 2.53. The first-order chi connectivity index (χ1) is 9.65. The minimum absolute atomic E-state index is 0.258. The van der Waals surface area contributed by atoms with E-state index in [2.05, 4.69) is 4.98 Å². The lowest BCUT2D eigenvalue weighted by atomic mass is 10.3. The second-order valence-electron chi connectivity index (χ2n) is 3.89. The van der Waals surface area contributed by atoms with E-state index in [1.54, 1.807) is 0 Å². The molecule has 20 heavy (non-hydrogen) atoms. The van der Waals surface area contributed by atoms with Crippen LogP contribution in [0, 0.1) is 15.9 Å². The summed E-state index contributed by atoms with van der Waals surface area (Å²) in [6, 6.07) is 11.6. The predicted molar refractivity (Wildman–Crippen MR) is 76.8 cm³/mol. The van der Waals surface area contributed by atoms with Gasteiger partial charge >= 0.3 is 5.69 Å². The molecule has 4 nitrogen and oxygen atoms in total. The van der Waals surface area contributed by atoms with Crippen LogP contribution in [-0.4, -0.2) is 9.91 Å². The fraction of sp³-hybridized carbons (Fsp3) is 0. The number of nitrogens with zero attached hydrogens (tertiary/aromatic N) is 2. The van der Waals surface area contributed by atoms with Crippen molar-refractivity contribution in [3.8, 4) is 0 Å². The zero-order valence-electron chi connectivity index (χ0n) is 9.95. The normalized spacial score (nSPS) is 10.8. The second kappa shape index (κ2) is 5.18. The molecule has 0 saturated heterocycles. The van der Waals surface area contributed by atoms with Crippen LogP contribution in [0.5, 0.6) is 0 Å². The van der Waals surface area contributed by atoms with Crippen LogP contribution in [0.3, 0.4) is 0 Å². The molecule has 2 aromatic carbocycles. The van der Waals surface area contributed by atoms with Gasteiger partial charge in [-0.15, -0.1) is 11.3 Å². The molecular weight excluding hydrogens is 299 g/mol. The zero-order valence-corrected chi connectivity index (χ0v) is 11.6. The highest BCUT2D eigenvalue weighted by molar-refractivity contribution is 8.01. The summed E-state index contributed by atoms with van der Waals surface area (Å²) in [5, 5.41) is 10.9. The van der Waals surface area contributed by atoms with Gasteiger partial charge in [-0.05, 0) is 24.3 Å². The van der Waals surface area contributed by atoms with E-state index in [1.807, 2.05) is 24.3 Å². The standard InChI is InChI=1S/C13H7FN2O2S2/c14-8-4-3-7-11(12(8)16(17)18)20-13-15-9-5-1-2-6-10(9)19-13/h1-7H. The molecule has 3 aromatic rings. The van der Waals surface area contributed by atoms with Crippen LogP contribution in [0.2, 0.25) is 0 Å². The number of benzene rings is 2. The molecule has 0 fully saturated rings. The van der Waals surface area contributed by atoms with Gasteiger partial charge in [0.15, 0.2) is 4.34 Å². The Morgan fingerprint density at radius 3 is 2.75 bits per heavy atom. The van der Waals surface area contributed by atoms with Crippen LogP contribution in [0.4, 0.5) is 10.1 Å². The van der Waals surface area contributed by atoms with Crippen molar-refractivity contribution < 1.29 is 9.31 Å². The summed E-state index contributed by atoms with van der Waals surface area (Å²) in [7, 11) is 0. The van der Waals surface area contributed by atoms with Crippen molar-refractivity contribution in [2.24, 2.45) is 0 Å². The van der Waals surface area contributed by atoms with Crippen molar-refractivity contribution >= 4 is 39.0 Å². The number of nitro groups is 1. The number of rotatable bonds is 3. The molecule has 0 N–H and O–H groups in total. The van der Waals surface area contributed by atoms with Crippen LogP contribution >= 0.6 is 23.1 Å². The van der Waals surface area contributed by atoms with Gasteiger partial charge in [-0.1, -0.05) is 30.0 Å². The van der Waals surface area contributed by atoms with Gasteiger partial charge in [0.1, 0.15) is 0 Å². The molecule has 0 aliphatic rings. The van der Waals surface area contributed by atoms with Crippen LogP contribution in [0.25, 0.3) is 10.2 Å². The number of fused-ring (bicyclic) bond motifs is 1. The minimum Gasteiger partial charge on any atom is -0.258 e. The molecule has 7 heteroatoms. The van der Waals surface area contributed by atoms with Gasteiger partial charge in [0.25, 0.3) is 0 Å². The van der Waals surface area contributed by atoms with E-state index >= 15 is 0 Å². The van der Waals surface area contributed by atoms with Gasteiger partial charge in [0.05, 0.1) is 20.0 Å². The van der Waals surface area contributed by atoms with Crippen molar-refractivity contribution in [1.29, 1.82) is 0 Å². The molecule has 0 spiro atoms. The molecule has 0 aliphatic carbocycles. The summed E-state index contributed by atoms with van der Waals surface area (Å²) in [6.07, 6.45) is 0. The van der Waals surface area contributed by atoms with E-state index in [4.69, 9.17) is 0 Å². The Morgan fingerprint density at radius 2 is 2.00 bits per heavy atom. The summed E-state index contributed by atoms with van der Waals surface area (Å²) in [6.45, 7) is 0. The van der Waals surface area contributed by atoms with E-state index in [-0.39, 0.29) is 4.90 Å². The lowest BCUT2D eigenvalue weighted by molar-refractivity contribution is -0.390. The van der Waals surface area contributed by atoms with E-state index in [9.17, 15) is 14.5 Å². The first-order valence-electron chi connectivity index (χ1n) is 5.61. The monoisotopic (exact) mass is 306 g/mol. The lowest BCUT2D eigenvalue weighted by Crippen LogP contribution is -1.94. The highest BCUT2D eigenvalue weighted by atomic mass is 32.2. The molecule has 0 saturated carbocycles. The Hall–Kier alpha value is -1.99. The van der Waals surface area contributed by atoms with E-state index < -0.39 is 16.4 Å². The molecule has 3 rings (SSSR count). The summed E-state index contributed by atoms with van der Waals surface area (Å²) in [5.74, 6) is -0.832. The Kier molecular flexibility index (Phi) is 3.37. The van der Waals surface area contributed by atoms with Crippen LogP contribution in [0.1, 0.15) is 0 Å². The van der Waals surface area contributed by atoms with Crippen molar-refractivity contribution in [2.75, 3.05) is 0 Å². The summed E-state index contributed by atoms with van der Waals surface area (Å²) < 4.78 is 15.2. The van der Waals surface area contributed by atoms with Gasteiger partial charge in [-0.25, -0.2) is 4.98 Å². The predicted octanol–water partition coefficient (Wildman–Crippen LogP) is 4.49. The minimum atomic E-state index is -0.832. The van der Waals surface area contributed by atoms with Crippen molar-refractivity contribution in [3.63, 3.8) is 0 Å². The number of hydrogen-bond acceptors (Lipinski definition) is 5. The molecule has 0 radical (unpaired) electrons.